The number of benzene rings is 2. The average molecular weight is 481 g/mol. The molecular formula is C25H31F3N2O2S. The lowest BCUT2D eigenvalue weighted by atomic mass is 9.85. The summed E-state index contributed by atoms with van der Waals surface area (Å²) in [4.78, 5) is 4.88. The van der Waals surface area contributed by atoms with Crippen molar-refractivity contribution in [3.05, 3.63) is 59.2 Å². The first kappa shape index (κ1) is 24.4. The van der Waals surface area contributed by atoms with Gasteiger partial charge in [-0.05, 0) is 73.1 Å². The van der Waals surface area contributed by atoms with Gasteiger partial charge in [0.1, 0.15) is 5.75 Å². The van der Waals surface area contributed by atoms with Crippen LogP contribution in [0.25, 0.3) is 0 Å². The first-order chi connectivity index (χ1) is 15.8. The lowest BCUT2D eigenvalue weighted by molar-refractivity contribution is -0.0328. The zero-order valence-electron chi connectivity index (χ0n) is 19.1. The second kappa shape index (κ2) is 10.7. The van der Waals surface area contributed by atoms with Crippen LogP contribution in [0.2, 0.25) is 0 Å². The summed E-state index contributed by atoms with van der Waals surface area (Å²) in [5.74, 6) is 0.996. The van der Waals surface area contributed by atoms with Gasteiger partial charge in [-0.2, -0.15) is 13.2 Å². The Morgan fingerprint density at radius 2 is 1.91 bits per heavy atom. The summed E-state index contributed by atoms with van der Waals surface area (Å²) in [6.45, 7) is 8.19. The first-order valence-electron chi connectivity index (χ1n) is 11.4. The maximum absolute atomic E-state index is 12.6. The van der Waals surface area contributed by atoms with E-state index in [0.717, 1.165) is 57.1 Å². The molecule has 2 atom stereocenters. The van der Waals surface area contributed by atoms with Crippen LogP contribution < -0.4 is 4.74 Å². The summed E-state index contributed by atoms with van der Waals surface area (Å²) in [5.41, 5.74) is -0.806. The van der Waals surface area contributed by atoms with Crippen LogP contribution in [0.4, 0.5) is 13.2 Å². The Labute approximate surface area is 198 Å². The molecule has 2 aromatic rings. The van der Waals surface area contributed by atoms with Gasteiger partial charge in [0, 0.05) is 43.5 Å². The third-order valence-corrected chi connectivity index (χ3v) is 6.89. The van der Waals surface area contributed by atoms with Gasteiger partial charge in [0.2, 0.25) is 0 Å². The van der Waals surface area contributed by atoms with E-state index in [0.29, 0.717) is 12.7 Å². The molecule has 0 bridgehead atoms. The fourth-order valence-corrected chi connectivity index (χ4v) is 5.21. The molecule has 2 aromatic carbocycles. The number of ether oxygens (including phenoxy) is 2. The number of hydrogen-bond acceptors (Lipinski definition) is 5. The second-order valence-electron chi connectivity index (χ2n) is 8.91. The predicted molar refractivity (Wildman–Crippen MR) is 125 cm³/mol. The van der Waals surface area contributed by atoms with Crippen LogP contribution in [0, 0.1) is 0 Å². The van der Waals surface area contributed by atoms with Gasteiger partial charge in [0.25, 0.3) is 0 Å². The third-order valence-electron chi connectivity index (χ3n) is 6.15. The number of halogens is 3. The average Bonchev–Trinajstić information content (AvgIpc) is 2.75. The molecule has 2 aliphatic rings. The summed E-state index contributed by atoms with van der Waals surface area (Å²) < 4.78 is 49.6. The molecule has 2 aliphatic heterocycles. The fourth-order valence-electron chi connectivity index (χ4n) is 4.67. The molecule has 8 heteroatoms. The van der Waals surface area contributed by atoms with Gasteiger partial charge in [0.05, 0.1) is 19.3 Å². The Balaban J connectivity index is 1.37. The van der Waals surface area contributed by atoms with Crippen LogP contribution in [-0.2, 0) is 11.3 Å². The molecule has 0 aliphatic carbocycles. The molecule has 4 rings (SSSR count). The molecular weight excluding hydrogens is 449 g/mol. The summed E-state index contributed by atoms with van der Waals surface area (Å²) >= 11 is -0.0735. The SMILES string of the molecule is CC1CN(CCCOc2ccc3c(c2)CN(C)CC3c2ccc(SC(F)(F)F)cc2)CCO1. The molecule has 2 heterocycles. The minimum Gasteiger partial charge on any atom is -0.494 e. The smallest absolute Gasteiger partial charge is 0.446 e. The number of nitrogens with zero attached hydrogens (tertiary/aromatic N) is 2. The van der Waals surface area contributed by atoms with E-state index in [2.05, 4.69) is 35.9 Å². The van der Waals surface area contributed by atoms with E-state index < -0.39 is 5.51 Å². The van der Waals surface area contributed by atoms with Gasteiger partial charge in [-0.25, -0.2) is 0 Å². The Bertz CT molecular complexity index is 923. The third kappa shape index (κ3) is 6.88. The van der Waals surface area contributed by atoms with Crippen molar-refractivity contribution < 1.29 is 22.6 Å². The molecule has 33 heavy (non-hydrogen) atoms. The van der Waals surface area contributed by atoms with Crippen LogP contribution in [0.5, 0.6) is 5.75 Å². The Morgan fingerprint density at radius 3 is 2.64 bits per heavy atom. The van der Waals surface area contributed by atoms with E-state index in [1.54, 1.807) is 12.1 Å². The van der Waals surface area contributed by atoms with Gasteiger partial charge >= 0.3 is 5.51 Å². The van der Waals surface area contributed by atoms with Gasteiger partial charge in [-0.3, -0.25) is 4.90 Å². The highest BCUT2D eigenvalue weighted by Gasteiger charge is 2.30. The standard InChI is InChI=1S/C25H31F3N2O2S/c1-18-15-30(11-13-31-18)10-3-12-32-21-6-9-23-20(14-21)16-29(2)17-24(23)19-4-7-22(8-5-19)33-25(26,27)28/h4-9,14,18,24H,3,10-13,15-17H2,1-2H3. The highest BCUT2D eigenvalue weighted by molar-refractivity contribution is 8.00. The van der Waals surface area contributed by atoms with Gasteiger partial charge in [0.15, 0.2) is 0 Å². The number of hydrogen-bond donors (Lipinski definition) is 0. The van der Waals surface area contributed by atoms with Crippen LogP contribution in [0.3, 0.4) is 0 Å². The topological polar surface area (TPSA) is 24.9 Å². The van der Waals surface area contributed by atoms with Crippen molar-refractivity contribution >= 4 is 11.8 Å². The van der Waals surface area contributed by atoms with Crippen molar-refractivity contribution in [2.75, 3.05) is 46.4 Å². The lowest BCUT2D eigenvalue weighted by Gasteiger charge is -2.33. The van der Waals surface area contributed by atoms with E-state index in [1.807, 2.05) is 18.2 Å². The maximum Gasteiger partial charge on any atom is 0.446 e. The van der Waals surface area contributed by atoms with Crippen LogP contribution >= 0.6 is 11.8 Å². The molecule has 0 spiro atoms. The summed E-state index contributed by atoms with van der Waals surface area (Å²) in [6.07, 6.45) is 1.26. The number of likely N-dealkylation sites (N-methyl/N-ethyl adjacent to an activating group) is 1. The Hall–Kier alpha value is -1.74. The highest BCUT2D eigenvalue weighted by Crippen LogP contribution is 2.39. The zero-order chi connectivity index (χ0) is 23.4. The minimum atomic E-state index is -4.27. The quantitative estimate of drug-likeness (QED) is 0.392. The van der Waals surface area contributed by atoms with Gasteiger partial charge in [-0.15, -0.1) is 0 Å². The molecule has 0 aromatic heterocycles. The molecule has 4 nitrogen and oxygen atoms in total. The van der Waals surface area contributed by atoms with E-state index in [4.69, 9.17) is 9.47 Å². The van der Waals surface area contributed by atoms with Crippen molar-refractivity contribution in [1.29, 1.82) is 0 Å². The summed E-state index contributed by atoms with van der Waals surface area (Å²) in [6, 6.07) is 13.0. The summed E-state index contributed by atoms with van der Waals surface area (Å²) in [7, 11) is 2.07. The normalized spacial score (nSPS) is 22.2. The molecule has 0 N–H and O–H groups in total. The predicted octanol–water partition coefficient (Wildman–Crippen LogP) is 5.37. The van der Waals surface area contributed by atoms with Crippen molar-refractivity contribution in [3.8, 4) is 5.75 Å². The van der Waals surface area contributed by atoms with E-state index in [9.17, 15) is 13.2 Å². The van der Waals surface area contributed by atoms with Gasteiger partial charge in [-0.1, -0.05) is 18.2 Å². The number of alkyl halides is 3. The molecule has 1 fully saturated rings. The maximum atomic E-state index is 12.6. The number of thioether (sulfide) groups is 1. The van der Waals surface area contributed by atoms with E-state index in [-0.39, 0.29) is 22.6 Å². The van der Waals surface area contributed by atoms with E-state index in [1.165, 1.54) is 11.1 Å². The Kier molecular flexibility index (Phi) is 7.89. The largest absolute Gasteiger partial charge is 0.494 e. The van der Waals surface area contributed by atoms with Gasteiger partial charge < -0.3 is 14.4 Å². The van der Waals surface area contributed by atoms with Crippen molar-refractivity contribution in [2.45, 2.75) is 42.3 Å². The zero-order valence-corrected chi connectivity index (χ0v) is 19.9. The molecule has 2 unspecified atom stereocenters. The van der Waals surface area contributed by atoms with Crippen molar-refractivity contribution in [2.24, 2.45) is 0 Å². The fraction of sp³-hybridized carbons (Fsp3) is 0.520. The number of morpholine rings is 1. The number of fused-ring (bicyclic) bond motifs is 1. The van der Waals surface area contributed by atoms with E-state index >= 15 is 0 Å². The lowest BCUT2D eigenvalue weighted by Crippen LogP contribution is -2.41. The van der Waals surface area contributed by atoms with Crippen molar-refractivity contribution in [1.82, 2.24) is 9.80 Å². The Morgan fingerprint density at radius 1 is 1.12 bits per heavy atom. The van der Waals surface area contributed by atoms with Crippen molar-refractivity contribution in [3.63, 3.8) is 0 Å². The molecule has 180 valence electrons. The molecule has 1 saturated heterocycles. The first-order valence-corrected chi connectivity index (χ1v) is 12.2. The second-order valence-corrected chi connectivity index (χ2v) is 10.0. The highest BCUT2D eigenvalue weighted by atomic mass is 32.2. The van der Waals surface area contributed by atoms with Crippen LogP contribution in [0.15, 0.2) is 47.4 Å². The summed E-state index contributed by atoms with van der Waals surface area (Å²) in [5, 5.41) is 0. The molecule has 0 amide bonds. The van der Waals surface area contributed by atoms with Crippen LogP contribution in [0.1, 0.15) is 36.0 Å². The monoisotopic (exact) mass is 480 g/mol. The minimum absolute atomic E-state index is 0.0735. The number of rotatable bonds is 7. The molecule has 0 radical (unpaired) electrons. The molecule has 0 saturated carbocycles. The van der Waals surface area contributed by atoms with Crippen LogP contribution in [-0.4, -0.2) is 67.9 Å².